The summed E-state index contributed by atoms with van der Waals surface area (Å²) >= 11 is 4.62. The molecule has 1 amide bonds. The molecular weight excluding hydrogens is 1180 g/mol. The molecule has 91 heavy (non-hydrogen) atoms. The van der Waals surface area contributed by atoms with E-state index in [0.717, 1.165) is 46.2 Å². The van der Waals surface area contributed by atoms with Crippen LogP contribution in [-0.2, 0) is 9.59 Å². The van der Waals surface area contributed by atoms with Crippen molar-refractivity contribution in [3.8, 4) is 85.7 Å². The van der Waals surface area contributed by atoms with Gasteiger partial charge in [-0.1, -0.05) is 55.4 Å². The molecule has 9 aromatic rings. The maximum absolute atomic E-state index is 12.8. The van der Waals surface area contributed by atoms with E-state index in [1.165, 1.54) is 10.1 Å². The van der Waals surface area contributed by atoms with Crippen molar-refractivity contribution in [3.05, 3.63) is 161 Å². The number of ketones is 1. The number of aromatic hydroxyl groups is 3. The summed E-state index contributed by atoms with van der Waals surface area (Å²) in [5.74, 6) is 2.34. The average molecular weight is 1260 g/mol. The molecule has 0 saturated carbocycles. The summed E-state index contributed by atoms with van der Waals surface area (Å²) in [6, 6.07) is 33.0. The van der Waals surface area contributed by atoms with Crippen LogP contribution in [0.2, 0.25) is 0 Å². The molecule has 0 aliphatic carbocycles. The van der Waals surface area contributed by atoms with Gasteiger partial charge in [-0.3, -0.25) is 28.1 Å². The minimum atomic E-state index is -1.21. The number of hydrogen-bond acceptors (Lipinski definition) is 17. The lowest BCUT2D eigenvalue weighted by atomic mass is 9.95. The molecule has 0 atom stereocenters. The van der Waals surface area contributed by atoms with E-state index in [2.05, 4.69) is 89.1 Å². The second-order valence-corrected chi connectivity index (χ2v) is 23.0. The van der Waals surface area contributed by atoms with Gasteiger partial charge in [0, 0.05) is 30.0 Å². The minimum absolute atomic E-state index is 0.0241. The summed E-state index contributed by atoms with van der Waals surface area (Å²) in [6.07, 6.45) is 1.64. The van der Waals surface area contributed by atoms with Crippen molar-refractivity contribution in [3.63, 3.8) is 0 Å². The van der Waals surface area contributed by atoms with Gasteiger partial charge in [0.25, 0.3) is 11.1 Å². The number of aromatic nitrogens is 9. The molecule has 0 aliphatic heterocycles. The Kier molecular flexibility index (Phi) is 25.7. The zero-order valence-electron chi connectivity index (χ0n) is 54.5. The molecule has 6 aromatic carbocycles. The molecule has 3 heterocycles. The highest BCUT2D eigenvalue weighted by molar-refractivity contribution is 6.80. The van der Waals surface area contributed by atoms with Crippen LogP contribution in [0.5, 0.6) is 34.5 Å². The highest BCUT2D eigenvalue weighted by atomic mass is 35.5. The molecule has 3 aromatic heterocycles. The van der Waals surface area contributed by atoms with E-state index in [-0.39, 0.29) is 58.5 Å². The standard InChI is InChI=1S/C23H28N4O3.C20H21N3O4.C19H21N3O2.C3H3ClO2.C3H9N/c1-13(2)18-12-19(20(28)11-15(18)5)21-25-26-22(23(29)24-14(3)4)27(21)16-7-9-17(30-6)10-8-16;1-11(2)15-10-16(17(24)9-12(15)3)18-21-22-19(20(25)26)23(18)13-5-7-14(27-4)8-6-13;1-12(2)16-10-17(18(23)9-13(16)3)19-21-20-11-22(19)14-5-7-15(24-4)8-6-14;1-2(5)3(4)6;1-3(2)4/h7-14,28H,1-6H3,(H,24,29);5-11,24H,1-4H3,(H,25,26);5-12,23H,1-4H3;1H3;3H,4H2,1-2H3. The van der Waals surface area contributed by atoms with Gasteiger partial charge in [-0.05, 0) is 213 Å². The first-order chi connectivity index (χ1) is 42.9. The van der Waals surface area contributed by atoms with Gasteiger partial charge in [0.15, 0.2) is 17.5 Å². The Morgan fingerprint density at radius 1 is 0.505 bits per heavy atom. The Balaban J connectivity index is 0.000000231. The number of methoxy groups -OCH3 is 3. The summed E-state index contributed by atoms with van der Waals surface area (Å²) < 4.78 is 20.5. The van der Waals surface area contributed by atoms with Gasteiger partial charge in [0.05, 0.1) is 38.0 Å². The number of aromatic carboxylic acids is 1. The third kappa shape index (κ3) is 18.6. The van der Waals surface area contributed by atoms with Gasteiger partial charge in [-0.2, -0.15) is 0 Å². The molecule has 0 spiro atoms. The predicted molar refractivity (Wildman–Crippen MR) is 352 cm³/mol. The molecule has 0 unspecified atom stereocenters. The number of nitrogens with one attached hydrogen (secondary N) is 1. The van der Waals surface area contributed by atoms with Crippen molar-refractivity contribution >= 4 is 34.5 Å². The first kappa shape index (κ1) is 71.8. The van der Waals surface area contributed by atoms with E-state index in [0.29, 0.717) is 63.2 Å². The molecule has 0 radical (unpaired) electrons. The van der Waals surface area contributed by atoms with Crippen molar-refractivity contribution in [2.75, 3.05) is 21.3 Å². The number of phenols is 3. The maximum atomic E-state index is 12.8. The van der Waals surface area contributed by atoms with E-state index in [4.69, 9.17) is 19.9 Å². The van der Waals surface area contributed by atoms with Crippen molar-refractivity contribution in [1.29, 1.82) is 0 Å². The SMILES string of the molecule is CC(=O)C(=O)Cl.CC(C)N.COc1ccc(-n2c(C(=O)NC(C)C)nnc2-c2cc(C(C)C)c(C)cc2O)cc1.COc1ccc(-n2c(C(=O)O)nnc2-c2cc(C(C)C)c(C)cc2O)cc1.COc1ccc(-n2cnnc2-c2cc(C(C)C)c(C)cc2O)cc1. The Bertz CT molecular complexity index is 3930. The number of hydrogen-bond donors (Lipinski definition) is 6. The van der Waals surface area contributed by atoms with Gasteiger partial charge < -0.3 is 45.7 Å². The normalized spacial score (nSPS) is 10.8. The van der Waals surface area contributed by atoms with Crippen molar-refractivity contribution in [1.82, 2.24) is 49.6 Å². The zero-order valence-corrected chi connectivity index (χ0v) is 55.2. The fourth-order valence-corrected chi connectivity index (χ4v) is 9.36. The highest BCUT2D eigenvalue weighted by Gasteiger charge is 2.26. The number of halogens is 1. The third-order valence-electron chi connectivity index (χ3n) is 13.7. The number of benzene rings is 6. The summed E-state index contributed by atoms with van der Waals surface area (Å²) in [5, 5.41) is 67.7. The third-order valence-corrected chi connectivity index (χ3v) is 14.0. The van der Waals surface area contributed by atoms with Crippen LogP contribution < -0.4 is 25.3 Å². The van der Waals surface area contributed by atoms with Crippen LogP contribution in [0.15, 0.2) is 116 Å². The monoisotopic (exact) mass is 1260 g/mol. The second kappa shape index (κ2) is 32.5. The lowest BCUT2D eigenvalue weighted by Gasteiger charge is -2.16. The summed E-state index contributed by atoms with van der Waals surface area (Å²) in [5.41, 5.74) is 15.3. The number of carbonyl (C=O) groups is 4. The summed E-state index contributed by atoms with van der Waals surface area (Å²) in [7, 11) is 4.79. The number of amides is 1. The molecule has 9 rings (SSSR count). The molecule has 0 bridgehead atoms. The van der Waals surface area contributed by atoms with Crippen molar-refractivity contribution in [2.45, 2.75) is 127 Å². The zero-order chi connectivity index (χ0) is 67.7. The average Bonchev–Trinajstić information content (AvgIpc) is 1.73. The molecule has 23 heteroatoms. The Morgan fingerprint density at radius 3 is 1.13 bits per heavy atom. The van der Waals surface area contributed by atoms with E-state index in [1.807, 2.05) is 108 Å². The van der Waals surface area contributed by atoms with Crippen LogP contribution in [-0.4, -0.2) is 121 Å². The first-order valence-electron chi connectivity index (χ1n) is 29.2. The predicted octanol–water partition coefficient (Wildman–Crippen LogP) is 12.8. The van der Waals surface area contributed by atoms with Gasteiger partial charge in [-0.15, -0.1) is 30.6 Å². The van der Waals surface area contributed by atoms with Crippen LogP contribution in [0.3, 0.4) is 0 Å². The van der Waals surface area contributed by atoms with E-state index in [1.54, 1.807) is 86.8 Å². The lowest BCUT2D eigenvalue weighted by molar-refractivity contribution is -0.130. The van der Waals surface area contributed by atoms with E-state index in [9.17, 15) is 39.6 Å². The van der Waals surface area contributed by atoms with Gasteiger partial charge in [-0.25, -0.2) is 4.79 Å². The van der Waals surface area contributed by atoms with E-state index < -0.39 is 17.0 Å². The Hall–Kier alpha value is -9.93. The lowest BCUT2D eigenvalue weighted by Crippen LogP contribution is -2.32. The number of Topliss-reactive ketones (excluding diaryl/α,β-unsaturated/α-hetero) is 1. The number of rotatable bonds is 16. The van der Waals surface area contributed by atoms with Crippen LogP contribution in [0.1, 0.15) is 149 Å². The smallest absolute Gasteiger partial charge is 0.374 e. The number of carboxylic acids is 1. The number of carboxylic acid groups (broad SMARTS) is 1. The van der Waals surface area contributed by atoms with E-state index >= 15 is 0 Å². The molecule has 482 valence electrons. The topological polar surface area (TPSA) is 307 Å². The molecular formula is C68H82ClN11O11. The fourth-order valence-electron chi connectivity index (χ4n) is 9.36. The molecule has 22 nitrogen and oxygen atoms in total. The number of carbonyl (C=O) groups excluding carboxylic acids is 3. The molecule has 0 saturated heterocycles. The van der Waals surface area contributed by atoms with Crippen molar-refractivity contribution in [2.24, 2.45) is 5.73 Å². The van der Waals surface area contributed by atoms with Crippen LogP contribution >= 0.6 is 11.6 Å². The second-order valence-electron chi connectivity index (χ2n) is 22.6. The molecule has 7 N–H and O–H groups in total. The minimum Gasteiger partial charge on any atom is -0.507 e. The molecule has 0 fully saturated rings. The van der Waals surface area contributed by atoms with Gasteiger partial charge in [0.1, 0.15) is 40.8 Å². The Morgan fingerprint density at radius 2 is 0.824 bits per heavy atom. The quantitative estimate of drug-likeness (QED) is 0.0387. The fraction of sp³-hybridized carbons (Fsp3) is 0.324. The number of phenolic OH excluding ortho intramolecular Hbond substituents is 3. The molecule has 0 aliphatic rings. The van der Waals surface area contributed by atoms with Crippen LogP contribution in [0.4, 0.5) is 0 Å². The summed E-state index contributed by atoms with van der Waals surface area (Å²) in [6.45, 7) is 27.3. The van der Waals surface area contributed by atoms with Gasteiger partial charge >= 0.3 is 5.97 Å². The van der Waals surface area contributed by atoms with Crippen LogP contribution in [0.25, 0.3) is 51.2 Å². The first-order valence-corrected chi connectivity index (χ1v) is 29.6. The number of nitrogens with two attached hydrogens (primary N) is 1. The number of ether oxygens (including phenoxy) is 3. The van der Waals surface area contributed by atoms with Crippen molar-refractivity contribution < 1.29 is 53.8 Å². The number of aryl methyl sites for hydroxylation is 3. The van der Waals surface area contributed by atoms with Crippen LogP contribution in [0, 0.1) is 20.8 Å². The highest BCUT2D eigenvalue weighted by Crippen LogP contribution is 2.38. The summed E-state index contributed by atoms with van der Waals surface area (Å²) in [4.78, 5) is 43.7. The Labute approximate surface area is 535 Å². The number of nitrogens with zero attached hydrogens (tertiary/aromatic N) is 9. The largest absolute Gasteiger partial charge is 0.507 e. The maximum Gasteiger partial charge on any atom is 0.374 e. The van der Waals surface area contributed by atoms with Gasteiger partial charge in [0.2, 0.25) is 17.4 Å².